The van der Waals surface area contributed by atoms with Gasteiger partial charge >= 0.3 is 0 Å². The molecular weight excluding hydrogens is 330 g/mol. The maximum Gasteiger partial charge on any atom is 0.161 e. The molecule has 4 aromatic rings. The van der Waals surface area contributed by atoms with Gasteiger partial charge in [-0.15, -0.1) is 0 Å². The molecule has 2 atom stereocenters. The highest BCUT2D eigenvalue weighted by molar-refractivity contribution is 6.11. The van der Waals surface area contributed by atoms with Crippen LogP contribution >= 0.6 is 0 Å². The summed E-state index contributed by atoms with van der Waals surface area (Å²) in [5.74, 6) is 1.21. The second kappa shape index (κ2) is 5.95. The Balaban J connectivity index is 1.92. The third kappa shape index (κ3) is 2.29. The number of furan rings is 1. The van der Waals surface area contributed by atoms with Crippen molar-refractivity contribution in [1.29, 1.82) is 0 Å². The SMILES string of the molecule is Cc1c2c(c(C)c3c1oc1c(-c4ccccc4)nccc13)C(C)CCC2C. The number of benzene rings is 2. The molecule has 2 aromatic heterocycles. The normalized spacial score (nSPS) is 19.6. The Morgan fingerprint density at radius 2 is 1.52 bits per heavy atom. The van der Waals surface area contributed by atoms with Gasteiger partial charge in [-0.3, -0.25) is 4.98 Å². The van der Waals surface area contributed by atoms with E-state index in [-0.39, 0.29) is 0 Å². The van der Waals surface area contributed by atoms with Crippen molar-refractivity contribution in [3.8, 4) is 11.3 Å². The second-order valence-corrected chi connectivity index (χ2v) is 8.17. The molecule has 136 valence electrons. The minimum Gasteiger partial charge on any atom is -0.453 e. The fourth-order valence-corrected chi connectivity index (χ4v) is 5.18. The third-order valence-electron chi connectivity index (χ3n) is 6.48. The summed E-state index contributed by atoms with van der Waals surface area (Å²) < 4.78 is 6.54. The summed E-state index contributed by atoms with van der Waals surface area (Å²) >= 11 is 0. The van der Waals surface area contributed by atoms with Crippen molar-refractivity contribution in [2.75, 3.05) is 0 Å². The van der Waals surface area contributed by atoms with E-state index in [4.69, 9.17) is 4.42 Å². The van der Waals surface area contributed by atoms with E-state index >= 15 is 0 Å². The van der Waals surface area contributed by atoms with Gasteiger partial charge in [0.1, 0.15) is 11.3 Å². The molecule has 1 aliphatic rings. The molecular formula is C25H25NO. The Hall–Kier alpha value is -2.61. The summed E-state index contributed by atoms with van der Waals surface area (Å²) in [6, 6.07) is 12.5. The van der Waals surface area contributed by atoms with E-state index in [0.29, 0.717) is 11.8 Å². The monoisotopic (exact) mass is 355 g/mol. The van der Waals surface area contributed by atoms with E-state index in [2.05, 4.69) is 63.0 Å². The highest BCUT2D eigenvalue weighted by atomic mass is 16.3. The number of nitrogens with zero attached hydrogens (tertiary/aromatic N) is 1. The molecule has 0 amide bonds. The van der Waals surface area contributed by atoms with Crippen LogP contribution in [0.15, 0.2) is 47.0 Å². The summed E-state index contributed by atoms with van der Waals surface area (Å²) in [5, 5.41) is 2.47. The molecule has 2 heteroatoms. The minimum atomic E-state index is 0.597. The van der Waals surface area contributed by atoms with Crippen LogP contribution in [0, 0.1) is 13.8 Å². The molecule has 0 aliphatic heterocycles. The fourth-order valence-electron chi connectivity index (χ4n) is 5.18. The molecule has 0 bridgehead atoms. The van der Waals surface area contributed by atoms with Crippen molar-refractivity contribution in [3.05, 3.63) is 64.8 Å². The molecule has 0 radical (unpaired) electrons. The van der Waals surface area contributed by atoms with Crippen molar-refractivity contribution in [2.45, 2.75) is 52.4 Å². The quantitative estimate of drug-likeness (QED) is 0.359. The number of aromatic nitrogens is 1. The van der Waals surface area contributed by atoms with Crippen molar-refractivity contribution in [3.63, 3.8) is 0 Å². The molecule has 0 N–H and O–H groups in total. The highest BCUT2D eigenvalue weighted by Gasteiger charge is 2.29. The molecule has 1 aliphatic carbocycles. The fraction of sp³-hybridized carbons (Fsp3) is 0.320. The number of fused-ring (bicyclic) bond motifs is 4. The maximum absolute atomic E-state index is 6.54. The smallest absolute Gasteiger partial charge is 0.161 e. The van der Waals surface area contributed by atoms with E-state index < -0.39 is 0 Å². The number of hydrogen-bond donors (Lipinski definition) is 0. The Labute approximate surface area is 160 Å². The zero-order chi connectivity index (χ0) is 18.7. The molecule has 2 aromatic carbocycles. The van der Waals surface area contributed by atoms with Crippen LogP contribution in [0.3, 0.4) is 0 Å². The molecule has 2 heterocycles. The number of hydrogen-bond acceptors (Lipinski definition) is 2. The van der Waals surface area contributed by atoms with Crippen LogP contribution in [0.25, 0.3) is 33.2 Å². The molecule has 2 unspecified atom stereocenters. The largest absolute Gasteiger partial charge is 0.453 e. The van der Waals surface area contributed by atoms with Crippen molar-refractivity contribution >= 4 is 21.9 Å². The van der Waals surface area contributed by atoms with Crippen LogP contribution in [-0.2, 0) is 0 Å². The van der Waals surface area contributed by atoms with Crippen molar-refractivity contribution in [1.82, 2.24) is 4.98 Å². The number of rotatable bonds is 1. The van der Waals surface area contributed by atoms with Crippen LogP contribution in [0.1, 0.15) is 60.8 Å². The summed E-state index contributed by atoms with van der Waals surface area (Å²) in [7, 11) is 0. The van der Waals surface area contributed by atoms with Gasteiger partial charge < -0.3 is 4.42 Å². The first-order chi connectivity index (χ1) is 13.1. The molecule has 0 saturated carbocycles. The van der Waals surface area contributed by atoms with Gasteiger partial charge in [-0.1, -0.05) is 44.2 Å². The van der Waals surface area contributed by atoms with Crippen LogP contribution in [0.2, 0.25) is 0 Å². The van der Waals surface area contributed by atoms with Gasteiger partial charge in [-0.05, 0) is 66.8 Å². The van der Waals surface area contributed by atoms with E-state index in [1.807, 2.05) is 12.3 Å². The first-order valence-electron chi connectivity index (χ1n) is 9.97. The highest BCUT2D eigenvalue weighted by Crippen LogP contribution is 2.47. The topological polar surface area (TPSA) is 26.0 Å². The molecule has 27 heavy (non-hydrogen) atoms. The Morgan fingerprint density at radius 3 is 2.22 bits per heavy atom. The summed E-state index contributed by atoms with van der Waals surface area (Å²) in [4.78, 5) is 4.67. The van der Waals surface area contributed by atoms with Crippen LogP contribution < -0.4 is 0 Å². The van der Waals surface area contributed by atoms with Gasteiger partial charge in [0.2, 0.25) is 0 Å². The van der Waals surface area contributed by atoms with E-state index in [1.54, 1.807) is 5.56 Å². The van der Waals surface area contributed by atoms with Gasteiger partial charge in [0.15, 0.2) is 5.58 Å². The third-order valence-corrected chi connectivity index (χ3v) is 6.48. The lowest BCUT2D eigenvalue weighted by atomic mass is 9.73. The van der Waals surface area contributed by atoms with Gasteiger partial charge in [-0.25, -0.2) is 0 Å². The van der Waals surface area contributed by atoms with Gasteiger partial charge in [0, 0.05) is 22.5 Å². The van der Waals surface area contributed by atoms with Crippen molar-refractivity contribution in [2.24, 2.45) is 0 Å². The Kier molecular flexibility index (Phi) is 3.65. The van der Waals surface area contributed by atoms with Crippen LogP contribution in [0.4, 0.5) is 0 Å². The average molecular weight is 355 g/mol. The standard InChI is InChI=1S/C25H25NO/c1-14-10-11-15(2)21-17(4)24-22(16(3)20(14)21)19-12-13-26-23(25(19)27-24)18-8-6-5-7-9-18/h5-9,12-15H,10-11H2,1-4H3. The Morgan fingerprint density at radius 1 is 0.852 bits per heavy atom. The summed E-state index contributed by atoms with van der Waals surface area (Å²) in [6.07, 6.45) is 4.45. The Bertz CT molecular complexity index is 1170. The lowest BCUT2D eigenvalue weighted by Crippen LogP contribution is -2.14. The maximum atomic E-state index is 6.54. The van der Waals surface area contributed by atoms with Gasteiger partial charge in [-0.2, -0.15) is 0 Å². The van der Waals surface area contributed by atoms with E-state index in [9.17, 15) is 0 Å². The van der Waals surface area contributed by atoms with Gasteiger partial charge in [0.05, 0.1) is 0 Å². The molecule has 0 saturated heterocycles. The van der Waals surface area contributed by atoms with Gasteiger partial charge in [0.25, 0.3) is 0 Å². The lowest BCUT2D eigenvalue weighted by Gasteiger charge is -2.31. The molecule has 0 spiro atoms. The summed E-state index contributed by atoms with van der Waals surface area (Å²) in [6.45, 7) is 9.27. The first kappa shape index (κ1) is 16.6. The lowest BCUT2D eigenvalue weighted by molar-refractivity contribution is 0.522. The number of aryl methyl sites for hydroxylation is 2. The van der Waals surface area contributed by atoms with E-state index in [1.165, 1.54) is 40.3 Å². The minimum absolute atomic E-state index is 0.597. The van der Waals surface area contributed by atoms with E-state index in [0.717, 1.165) is 22.4 Å². The zero-order valence-corrected chi connectivity index (χ0v) is 16.5. The number of pyridine rings is 1. The summed E-state index contributed by atoms with van der Waals surface area (Å²) in [5.41, 5.74) is 9.78. The molecule has 5 rings (SSSR count). The van der Waals surface area contributed by atoms with Crippen LogP contribution in [-0.4, -0.2) is 4.98 Å². The predicted molar refractivity (Wildman–Crippen MR) is 112 cm³/mol. The zero-order valence-electron chi connectivity index (χ0n) is 16.5. The first-order valence-corrected chi connectivity index (χ1v) is 9.97. The van der Waals surface area contributed by atoms with Crippen molar-refractivity contribution < 1.29 is 4.42 Å². The predicted octanol–water partition coefficient (Wildman–Crippen LogP) is 7.27. The van der Waals surface area contributed by atoms with Crippen LogP contribution in [0.5, 0.6) is 0 Å². The molecule has 0 fully saturated rings. The molecule has 2 nitrogen and oxygen atoms in total. The average Bonchev–Trinajstić information content (AvgIpc) is 3.09. The second-order valence-electron chi connectivity index (χ2n) is 8.17.